The monoisotopic (exact) mass is 263 g/mol. The molecule has 1 aromatic rings. The van der Waals surface area contributed by atoms with E-state index in [1.54, 1.807) is 14.0 Å². The van der Waals surface area contributed by atoms with Gasteiger partial charge in [0.15, 0.2) is 0 Å². The Labute approximate surface area is 116 Å². The first-order chi connectivity index (χ1) is 9.13. The van der Waals surface area contributed by atoms with Crippen LogP contribution in [-0.2, 0) is 4.74 Å². The van der Waals surface area contributed by atoms with Crippen LogP contribution in [0.4, 0.5) is 5.69 Å². The lowest BCUT2D eigenvalue weighted by molar-refractivity contribution is 0.199. The summed E-state index contributed by atoms with van der Waals surface area (Å²) >= 11 is 0. The fraction of sp³-hybridized carbons (Fsp3) is 0.625. The second-order valence-corrected chi connectivity index (χ2v) is 5.53. The fourth-order valence-corrected chi connectivity index (χ4v) is 2.53. The summed E-state index contributed by atoms with van der Waals surface area (Å²) in [5.41, 5.74) is 2.19. The van der Waals surface area contributed by atoms with Crippen LogP contribution in [0, 0.1) is 5.92 Å². The van der Waals surface area contributed by atoms with E-state index in [0.717, 1.165) is 24.6 Å². The van der Waals surface area contributed by atoms with Gasteiger partial charge in [0.1, 0.15) is 0 Å². The second-order valence-electron chi connectivity index (χ2n) is 5.53. The van der Waals surface area contributed by atoms with Crippen molar-refractivity contribution in [3.63, 3.8) is 0 Å². The maximum absolute atomic E-state index is 9.57. The standard InChI is InChI=1S/C16H25NO2/c1-12(14-4-5-14)17(10-11-19-3)16-8-6-15(7-9-16)13(2)18/h6-9,12-14,18H,4-5,10-11H2,1-3H3/t12?,13-/m1/s1. The zero-order chi connectivity index (χ0) is 13.8. The van der Waals surface area contributed by atoms with Crippen LogP contribution in [0.2, 0.25) is 0 Å². The minimum Gasteiger partial charge on any atom is -0.389 e. The first-order valence-corrected chi connectivity index (χ1v) is 7.17. The SMILES string of the molecule is COCCN(c1ccc([C@@H](C)O)cc1)C(C)C1CC1. The van der Waals surface area contributed by atoms with E-state index in [0.29, 0.717) is 6.04 Å². The number of nitrogens with zero attached hydrogens (tertiary/aromatic N) is 1. The van der Waals surface area contributed by atoms with Gasteiger partial charge >= 0.3 is 0 Å². The molecule has 19 heavy (non-hydrogen) atoms. The molecule has 1 aliphatic rings. The van der Waals surface area contributed by atoms with Crippen LogP contribution in [0.25, 0.3) is 0 Å². The number of benzene rings is 1. The molecular weight excluding hydrogens is 238 g/mol. The Morgan fingerprint density at radius 3 is 2.37 bits per heavy atom. The molecule has 1 saturated carbocycles. The molecule has 1 N–H and O–H groups in total. The Kier molecular flexibility index (Phi) is 4.83. The summed E-state index contributed by atoms with van der Waals surface area (Å²) in [6, 6.07) is 8.80. The van der Waals surface area contributed by atoms with Gasteiger partial charge in [-0.2, -0.15) is 0 Å². The van der Waals surface area contributed by atoms with Crippen molar-refractivity contribution in [2.75, 3.05) is 25.2 Å². The van der Waals surface area contributed by atoms with Crippen molar-refractivity contribution < 1.29 is 9.84 Å². The van der Waals surface area contributed by atoms with E-state index in [1.165, 1.54) is 18.5 Å². The van der Waals surface area contributed by atoms with Crippen LogP contribution < -0.4 is 4.90 Å². The lowest BCUT2D eigenvalue weighted by Crippen LogP contribution is -2.37. The molecule has 0 aromatic heterocycles. The normalized spacial score (nSPS) is 18.1. The Bertz CT molecular complexity index is 384. The molecule has 1 aromatic carbocycles. The van der Waals surface area contributed by atoms with Crippen LogP contribution >= 0.6 is 0 Å². The summed E-state index contributed by atoms with van der Waals surface area (Å²) in [4.78, 5) is 2.42. The number of hydrogen-bond donors (Lipinski definition) is 1. The molecule has 1 unspecified atom stereocenters. The van der Waals surface area contributed by atoms with Gasteiger partial charge in [0.2, 0.25) is 0 Å². The smallest absolute Gasteiger partial charge is 0.0761 e. The third-order valence-corrected chi connectivity index (χ3v) is 4.04. The van der Waals surface area contributed by atoms with Gasteiger partial charge in [-0.1, -0.05) is 12.1 Å². The van der Waals surface area contributed by atoms with Crippen LogP contribution in [0.3, 0.4) is 0 Å². The highest BCUT2D eigenvalue weighted by Gasteiger charge is 2.32. The number of rotatable bonds is 7. The van der Waals surface area contributed by atoms with Crippen molar-refractivity contribution in [2.45, 2.75) is 38.8 Å². The Balaban J connectivity index is 2.11. The molecule has 2 rings (SSSR count). The number of anilines is 1. The molecule has 0 saturated heterocycles. The highest BCUT2D eigenvalue weighted by atomic mass is 16.5. The Morgan fingerprint density at radius 1 is 1.26 bits per heavy atom. The van der Waals surface area contributed by atoms with Crippen molar-refractivity contribution in [3.8, 4) is 0 Å². The van der Waals surface area contributed by atoms with Crippen LogP contribution in [0.1, 0.15) is 38.4 Å². The lowest BCUT2D eigenvalue weighted by Gasteiger charge is -2.31. The third-order valence-electron chi connectivity index (χ3n) is 4.04. The summed E-state index contributed by atoms with van der Waals surface area (Å²) in [6.45, 7) is 5.76. The van der Waals surface area contributed by atoms with Gasteiger partial charge in [-0.15, -0.1) is 0 Å². The fourth-order valence-electron chi connectivity index (χ4n) is 2.53. The zero-order valence-electron chi connectivity index (χ0n) is 12.2. The second kappa shape index (κ2) is 6.40. The van der Waals surface area contributed by atoms with Crippen molar-refractivity contribution in [1.82, 2.24) is 0 Å². The maximum Gasteiger partial charge on any atom is 0.0761 e. The summed E-state index contributed by atoms with van der Waals surface area (Å²) in [5.74, 6) is 0.827. The first-order valence-electron chi connectivity index (χ1n) is 7.17. The van der Waals surface area contributed by atoms with Crippen molar-refractivity contribution in [1.29, 1.82) is 0 Å². The molecule has 2 atom stereocenters. The average Bonchev–Trinajstić information content (AvgIpc) is 3.23. The molecule has 0 heterocycles. The molecule has 0 radical (unpaired) electrons. The number of hydrogen-bond acceptors (Lipinski definition) is 3. The summed E-state index contributed by atoms with van der Waals surface area (Å²) in [5, 5.41) is 9.57. The quantitative estimate of drug-likeness (QED) is 0.821. The largest absolute Gasteiger partial charge is 0.389 e. The van der Waals surface area contributed by atoms with E-state index >= 15 is 0 Å². The lowest BCUT2D eigenvalue weighted by atomic mass is 10.1. The van der Waals surface area contributed by atoms with Crippen molar-refractivity contribution in [2.24, 2.45) is 5.92 Å². The van der Waals surface area contributed by atoms with Gasteiger partial charge in [-0.05, 0) is 50.3 Å². The first kappa shape index (κ1) is 14.4. The van der Waals surface area contributed by atoms with Crippen molar-refractivity contribution in [3.05, 3.63) is 29.8 Å². The van der Waals surface area contributed by atoms with E-state index in [2.05, 4.69) is 24.0 Å². The van der Waals surface area contributed by atoms with Crippen LogP contribution in [-0.4, -0.2) is 31.4 Å². The molecule has 3 nitrogen and oxygen atoms in total. The number of methoxy groups -OCH3 is 1. The van der Waals surface area contributed by atoms with Crippen LogP contribution in [0.5, 0.6) is 0 Å². The molecule has 3 heteroatoms. The van der Waals surface area contributed by atoms with Crippen LogP contribution in [0.15, 0.2) is 24.3 Å². The Hall–Kier alpha value is -1.06. The minimum absolute atomic E-state index is 0.401. The number of aliphatic hydroxyl groups excluding tert-OH is 1. The summed E-state index contributed by atoms with van der Waals surface area (Å²) in [7, 11) is 1.75. The van der Waals surface area contributed by atoms with Gasteiger partial charge in [0, 0.05) is 25.4 Å². The van der Waals surface area contributed by atoms with E-state index in [-0.39, 0.29) is 0 Å². The predicted molar refractivity (Wildman–Crippen MR) is 78.5 cm³/mol. The molecular formula is C16H25NO2. The predicted octanol–water partition coefficient (Wildman–Crippen LogP) is 2.99. The van der Waals surface area contributed by atoms with Gasteiger partial charge in [-0.3, -0.25) is 0 Å². The molecule has 1 fully saturated rings. The topological polar surface area (TPSA) is 32.7 Å². The molecule has 106 valence electrons. The molecule has 0 bridgehead atoms. The van der Waals surface area contributed by atoms with Gasteiger partial charge in [0.25, 0.3) is 0 Å². The maximum atomic E-state index is 9.57. The van der Waals surface area contributed by atoms with Gasteiger partial charge in [-0.25, -0.2) is 0 Å². The number of aliphatic hydroxyl groups is 1. The molecule has 0 amide bonds. The third kappa shape index (κ3) is 3.71. The highest BCUT2D eigenvalue weighted by Crippen LogP contribution is 2.37. The highest BCUT2D eigenvalue weighted by molar-refractivity contribution is 5.49. The molecule has 0 spiro atoms. The average molecular weight is 263 g/mol. The van der Waals surface area contributed by atoms with Crippen molar-refractivity contribution >= 4 is 5.69 Å². The van der Waals surface area contributed by atoms with E-state index in [4.69, 9.17) is 4.74 Å². The van der Waals surface area contributed by atoms with E-state index < -0.39 is 6.10 Å². The Morgan fingerprint density at radius 2 is 1.89 bits per heavy atom. The van der Waals surface area contributed by atoms with E-state index in [1.807, 2.05) is 12.1 Å². The summed E-state index contributed by atoms with van der Waals surface area (Å²) in [6.07, 6.45) is 2.29. The molecule has 1 aliphatic carbocycles. The zero-order valence-corrected chi connectivity index (χ0v) is 12.2. The van der Waals surface area contributed by atoms with E-state index in [9.17, 15) is 5.11 Å². The van der Waals surface area contributed by atoms with Gasteiger partial charge < -0.3 is 14.7 Å². The number of ether oxygens (including phenoxy) is 1. The molecule has 0 aliphatic heterocycles. The summed E-state index contributed by atoms with van der Waals surface area (Å²) < 4.78 is 5.22. The van der Waals surface area contributed by atoms with Gasteiger partial charge in [0.05, 0.1) is 12.7 Å². The minimum atomic E-state index is -0.401.